The van der Waals surface area contributed by atoms with Gasteiger partial charge in [0.25, 0.3) is 0 Å². The van der Waals surface area contributed by atoms with Crippen LogP contribution in [0, 0.1) is 5.92 Å². The van der Waals surface area contributed by atoms with Crippen LogP contribution < -0.4 is 10.2 Å². The Balaban J connectivity index is 1.75. The molecule has 1 aromatic rings. The first-order valence-electron chi connectivity index (χ1n) is 8.03. The monoisotopic (exact) mass is 292 g/mol. The minimum atomic E-state index is 0.741. The Morgan fingerprint density at radius 1 is 1.25 bits per heavy atom. The maximum absolute atomic E-state index is 6.20. The number of rotatable bonds is 8. The normalized spacial score (nSPS) is 18.3. The van der Waals surface area contributed by atoms with Crippen LogP contribution in [0.5, 0.6) is 0 Å². The molecule has 0 spiro atoms. The summed E-state index contributed by atoms with van der Waals surface area (Å²) in [5.74, 6) is 0.918. The van der Waals surface area contributed by atoms with Gasteiger partial charge in [-0.3, -0.25) is 0 Å². The first-order chi connectivity index (χ1) is 9.76. The highest BCUT2D eigenvalue weighted by Crippen LogP contribution is 2.33. The van der Waals surface area contributed by atoms with E-state index in [1.807, 2.05) is 6.07 Å². The molecule has 0 bridgehead atoms. The summed E-state index contributed by atoms with van der Waals surface area (Å²) >= 11 is 6.20. The van der Waals surface area contributed by atoms with Crippen molar-refractivity contribution in [1.82, 2.24) is 5.32 Å². The molecule has 2 nitrogen and oxygen atoms in total. The Morgan fingerprint density at radius 3 is 2.70 bits per heavy atom. The van der Waals surface area contributed by atoms with Gasteiger partial charge in [0.05, 0.1) is 0 Å². The summed E-state index contributed by atoms with van der Waals surface area (Å²) in [4.78, 5) is 2.57. The van der Waals surface area contributed by atoms with Gasteiger partial charge in [-0.05, 0) is 61.8 Å². The van der Waals surface area contributed by atoms with Crippen LogP contribution in [-0.4, -0.2) is 19.1 Å². The van der Waals surface area contributed by atoms with E-state index in [0.29, 0.717) is 0 Å². The van der Waals surface area contributed by atoms with Gasteiger partial charge in [0.2, 0.25) is 0 Å². The number of benzene rings is 1. The van der Waals surface area contributed by atoms with Crippen molar-refractivity contribution in [1.29, 1.82) is 0 Å². The maximum atomic E-state index is 6.20. The molecule has 110 valence electrons. The van der Waals surface area contributed by atoms with Gasteiger partial charge in [-0.1, -0.05) is 18.5 Å². The number of nitrogens with zero attached hydrogens (tertiary/aromatic N) is 1. The van der Waals surface area contributed by atoms with E-state index in [1.54, 1.807) is 0 Å². The Hall–Kier alpha value is -0.730. The number of halogens is 1. The predicted octanol–water partition coefficient (Wildman–Crippen LogP) is 4.22. The lowest BCUT2D eigenvalue weighted by molar-refractivity contribution is 0.671. The highest BCUT2D eigenvalue weighted by atomic mass is 35.5. The van der Waals surface area contributed by atoms with Crippen molar-refractivity contribution in [3.63, 3.8) is 0 Å². The summed E-state index contributed by atoms with van der Waals surface area (Å²) in [7, 11) is 0. The molecule has 0 aromatic heterocycles. The Morgan fingerprint density at radius 2 is 2.05 bits per heavy atom. The van der Waals surface area contributed by atoms with E-state index >= 15 is 0 Å². The van der Waals surface area contributed by atoms with E-state index in [9.17, 15) is 0 Å². The van der Waals surface area contributed by atoms with E-state index in [-0.39, 0.29) is 0 Å². The number of hydrogen-bond donors (Lipinski definition) is 1. The highest BCUT2D eigenvalue weighted by Gasteiger charge is 2.26. The van der Waals surface area contributed by atoms with Gasteiger partial charge in [-0.2, -0.15) is 0 Å². The Labute approximate surface area is 127 Å². The number of hydrogen-bond acceptors (Lipinski definition) is 2. The second-order valence-electron chi connectivity index (χ2n) is 6.32. The second kappa shape index (κ2) is 6.36. The lowest BCUT2D eigenvalue weighted by atomic mass is 10.1. The molecule has 0 amide bonds. The maximum Gasteiger partial charge on any atom is 0.0412 e. The van der Waals surface area contributed by atoms with Crippen LogP contribution in [-0.2, 0) is 6.54 Å². The smallest absolute Gasteiger partial charge is 0.0412 e. The summed E-state index contributed by atoms with van der Waals surface area (Å²) < 4.78 is 0. The minimum absolute atomic E-state index is 0.741. The lowest BCUT2D eigenvalue weighted by Gasteiger charge is -2.27. The molecule has 0 heterocycles. The van der Waals surface area contributed by atoms with Crippen LogP contribution in [0.4, 0.5) is 5.69 Å². The van der Waals surface area contributed by atoms with E-state index in [0.717, 1.165) is 30.1 Å². The third-order valence-corrected chi connectivity index (χ3v) is 4.44. The molecule has 1 aromatic carbocycles. The van der Waals surface area contributed by atoms with Gasteiger partial charge in [0.15, 0.2) is 0 Å². The van der Waals surface area contributed by atoms with Crippen molar-refractivity contribution in [2.75, 3.05) is 18.0 Å². The molecule has 0 aliphatic heterocycles. The lowest BCUT2D eigenvalue weighted by Crippen LogP contribution is -2.28. The van der Waals surface area contributed by atoms with Gasteiger partial charge < -0.3 is 10.2 Å². The van der Waals surface area contributed by atoms with Gasteiger partial charge in [0.1, 0.15) is 0 Å². The molecule has 2 aliphatic rings. The van der Waals surface area contributed by atoms with Crippen LogP contribution in [0.2, 0.25) is 5.02 Å². The zero-order valence-corrected chi connectivity index (χ0v) is 13.1. The average Bonchev–Trinajstić information content (AvgIpc) is 3.31. The van der Waals surface area contributed by atoms with Crippen molar-refractivity contribution in [3.05, 3.63) is 28.8 Å². The molecule has 0 saturated heterocycles. The first kappa shape index (κ1) is 14.2. The number of nitrogens with one attached hydrogen (secondary N) is 1. The molecule has 0 atom stereocenters. The van der Waals surface area contributed by atoms with E-state index in [4.69, 9.17) is 11.6 Å². The fourth-order valence-corrected chi connectivity index (χ4v) is 2.93. The van der Waals surface area contributed by atoms with E-state index in [1.165, 1.54) is 49.9 Å². The fourth-order valence-electron chi connectivity index (χ4n) is 2.74. The molecule has 2 aliphatic carbocycles. The van der Waals surface area contributed by atoms with Crippen molar-refractivity contribution in [2.24, 2.45) is 5.92 Å². The molecule has 0 unspecified atom stereocenters. The van der Waals surface area contributed by atoms with E-state index < -0.39 is 0 Å². The quantitative estimate of drug-likeness (QED) is 0.772. The third-order valence-electron chi connectivity index (χ3n) is 4.21. The van der Waals surface area contributed by atoms with Crippen LogP contribution in [0.1, 0.15) is 44.6 Å². The molecular formula is C17H25ClN2. The molecular weight excluding hydrogens is 268 g/mol. The zero-order valence-electron chi connectivity index (χ0n) is 12.4. The first-order valence-corrected chi connectivity index (χ1v) is 8.41. The van der Waals surface area contributed by atoms with Gasteiger partial charge in [-0.15, -0.1) is 0 Å². The van der Waals surface area contributed by atoms with Crippen molar-refractivity contribution >= 4 is 17.3 Å². The summed E-state index contributed by atoms with van der Waals surface area (Å²) in [6.07, 6.45) is 6.67. The summed E-state index contributed by atoms with van der Waals surface area (Å²) in [5, 5.41) is 4.47. The SMILES string of the molecule is CCCN(CC1CC1)c1ccc(Cl)cc1CNC1CC1. The second-order valence-corrected chi connectivity index (χ2v) is 6.75. The molecule has 0 radical (unpaired) electrons. The van der Waals surface area contributed by atoms with Crippen molar-refractivity contribution in [2.45, 2.75) is 51.6 Å². The van der Waals surface area contributed by atoms with Crippen LogP contribution in [0.3, 0.4) is 0 Å². The topological polar surface area (TPSA) is 15.3 Å². The van der Waals surface area contributed by atoms with Crippen molar-refractivity contribution in [3.8, 4) is 0 Å². The molecule has 20 heavy (non-hydrogen) atoms. The van der Waals surface area contributed by atoms with Gasteiger partial charge in [-0.25, -0.2) is 0 Å². The Bertz CT molecular complexity index is 452. The minimum Gasteiger partial charge on any atom is -0.371 e. The molecule has 2 fully saturated rings. The van der Waals surface area contributed by atoms with Gasteiger partial charge >= 0.3 is 0 Å². The van der Waals surface area contributed by atoms with Crippen LogP contribution in [0.25, 0.3) is 0 Å². The van der Waals surface area contributed by atoms with Crippen LogP contribution >= 0.6 is 11.6 Å². The Kier molecular flexibility index (Phi) is 4.52. The number of anilines is 1. The summed E-state index contributed by atoms with van der Waals surface area (Å²) in [6.45, 7) is 5.57. The summed E-state index contributed by atoms with van der Waals surface area (Å²) in [5.41, 5.74) is 2.75. The fraction of sp³-hybridized carbons (Fsp3) is 0.647. The largest absolute Gasteiger partial charge is 0.371 e. The standard InChI is InChI=1S/C17H25ClN2/c1-2-9-20(12-13-3-4-13)17-8-5-15(18)10-14(17)11-19-16-6-7-16/h5,8,10,13,16,19H,2-4,6-7,9,11-12H2,1H3. The predicted molar refractivity (Wildman–Crippen MR) is 86.5 cm³/mol. The highest BCUT2D eigenvalue weighted by molar-refractivity contribution is 6.30. The average molecular weight is 293 g/mol. The van der Waals surface area contributed by atoms with Gasteiger partial charge in [0, 0.05) is 36.4 Å². The van der Waals surface area contributed by atoms with E-state index in [2.05, 4.69) is 29.3 Å². The third kappa shape index (κ3) is 3.89. The molecule has 2 saturated carbocycles. The van der Waals surface area contributed by atoms with Crippen molar-refractivity contribution < 1.29 is 0 Å². The molecule has 3 heteroatoms. The summed E-state index contributed by atoms with van der Waals surface area (Å²) in [6, 6.07) is 7.13. The zero-order chi connectivity index (χ0) is 13.9. The van der Waals surface area contributed by atoms with Crippen LogP contribution in [0.15, 0.2) is 18.2 Å². The molecule has 1 N–H and O–H groups in total. The molecule has 3 rings (SSSR count).